The average molecular weight is 198 g/mol. The van der Waals surface area contributed by atoms with Crippen molar-refractivity contribution in [2.75, 3.05) is 6.66 Å². The summed E-state index contributed by atoms with van der Waals surface area (Å²) in [7, 11) is -3.48. The van der Waals surface area contributed by atoms with Crippen LogP contribution in [0.5, 0.6) is 5.75 Å². The number of hydrogen-bond donors (Lipinski definition) is 1. The van der Waals surface area contributed by atoms with E-state index in [1.165, 1.54) is 0 Å². The lowest BCUT2D eigenvalue weighted by molar-refractivity contribution is 0.387. The Kier molecular flexibility index (Phi) is 2.91. The van der Waals surface area contributed by atoms with Gasteiger partial charge in [-0.25, -0.2) is 4.57 Å². The van der Waals surface area contributed by atoms with Crippen molar-refractivity contribution >= 4 is 13.7 Å². The van der Waals surface area contributed by atoms with Gasteiger partial charge in [0.05, 0.1) is 0 Å². The number of benzene rings is 1. The topological polar surface area (TPSA) is 46.5 Å². The predicted octanol–water partition coefficient (Wildman–Crippen LogP) is 2.52. The molecule has 0 aliphatic rings. The smallest absolute Gasteiger partial charge is 0.373 e. The Hall–Kier alpha value is -1.05. The van der Waals surface area contributed by atoms with Crippen LogP contribution < -0.4 is 4.52 Å². The highest BCUT2D eigenvalue weighted by Gasteiger charge is 2.12. The molecule has 0 bridgehead atoms. The van der Waals surface area contributed by atoms with Gasteiger partial charge in [0.1, 0.15) is 5.75 Å². The van der Waals surface area contributed by atoms with Crippen LogP contribution in [-0.2, 0) is 4.57 Å². The summed E-state index contributed by atoms with van der Waals surface area (Å²) in [5, 5.41) is 0. The molecular weight excluding hydrogens is 187 g/mol. The summed E-state index contributed by atoms with van der Waals surface area (Å²) >= 11 is 0. The maximum atomic E-state index is 11.0. The Bertz CT molecular complexity index is 354. The zero-order valence-corrected chi connectivity index (χ0v) is 8.20. The van der Waals surface area contributed by atoms with Crippen molar-refractivity contribution < 1.29 is 14.0 Å². The van der Waals surface area contributed by atoms with E-state index in [0.717, 1.165) is 6.66 Å². The van der Waals surface area contributed by atoms with Crippen LogP contribution in [0.25, 0.3) is 6.08 Å². The van der Waals surface area contributed by atoms with Gasteiger partial charge in [-0.3, -0.25) is 0 Å². The van der Waals surface area contributed by atoms with Gasteiger partial charge in [-0.2, -0.15) is 0 Å². The maximum absolute atomic E-state index is 11.0. The molecule has 13 heavy (non-hydrogen) atoms. The SMILES string of the molecule is C=Cc1ccccc1OP(C)(=O)O. The zero-order chi connectivity index (χ0) is 9.90. The zero-order valence-electron chi connectivity index (χ0n) is 7.30. The molecule has 1 unspecified atom stereocenters. The summed E-state index contributed by atoms with van der Waals surface area (Å²) in [6.45, 7) is 4.72. The Morgan fingerprint density at radius 2 is 2.15 bits per heavy atom. The minimum absolute atomic E-state index is 0.380. The van der Waals surface area contributed by atoms with Crippen molar-refractivity contribution in [1.29, 1.82) is 0 Å². The van der Waals surface area contributed by atoms with E-state index in [1.54, 1.807) is 24.3 Å². The molecule has 0 spiro atoms. The normalized spacial score (nSPS) is 14.6. The second-order valence-electron chi connectivity index (χ2n) is 2.64. The molecule has 1 aromatic carbocycles. The van der Waals surface area contributed by atoms with Crippen LogP contribution >= 0.6 is 7.60 Å². The van der Waals surface area contributed by atoms with Crippen molar-refractivity contribution in [2.45, 2.75) is 0 Å². The molecule has 0 saturated heterocycles. The number of hydrogen-bond acceptors (Lipinski definition) is 2. The molecule has 0 amide bonds. The molecule has 0 aliphatic carbocycles. The van der Waals surface area contributed by atoms with Crippen molar-refractivity contribution in [1.82, 2.24) is 0 Å². The summed E-state index contributed by atoms with van der Waals surface area (Å²) in [4.78, 5) is 8.99. The molecule has 1 N–H and O–H groups in total. The molecule has 70 valence electrons. The quantitative estimate of drug-likeness (QED) is 0.759. The van der Waals surface area contributed by atoms with E-state index in [4.69, 9.17) is 9.42 Å². The molecule has 3 nitrogen and oxygen atoms in total. The standard InChI is InChI=1S/C9H11O3P/c1-3-8-6-4-5-7-9(8)12-13(2,10)11/h3-7H,1H2,2H3,(H,10,11). The minimum atomic E-state index is -3.48. The minimum Gasteiger partial charge on any atom is -0.424 e. The molecule has 0 aliphatic heterocycles. The second-order valence-corrected chi connectivity index (χ2v) is 4.42. The number of para-hydroxylation sites is 1. The summed E-state index contributed by atoms with van der Waals surface area (Å²) in [5.41, 5.74) is 0.707. The average Bonchev–Trinajstić information content (AvgIpc) is 2.02. The molecule has 0 heterocycles. The lowest BCUT2D eigenvalue weighted by atomic mass is 10.2. The van der Waals surface area contributed by atoms with Crippen LogP contribution in [0.3, 0.4) is 0 Å². The fourth-order valence-corrected chi connectivity index (χ4v) is 1.45. The van der Waals surface area contributed by atoms with E-state index in [-0.39, 0.29) is 0 Å². The maximum Gasteiger partial charge on any atom is 0.373 e. The molecule has 0 radical (unpaired) electrons. The highest BCUT2D eigenvalue weighted by molar-refractivity contribution is 7.52. The molecule has 0 aromatic heterocycles. The van der Waals surface area contributed by atoms with Crippen molar-refractivity contribution in [2.24, 2.45) is 0 Å². The summed E-state index contributed by atoms with van der Waals surface area (Å²) < 4.78 is 15.8. The molecule has 0 saturated carbocycles. The lowest BCUT2D eigenvalue weighted by Gasteiger charge is -2.10. The first kappa shape index (κ1) is 10.0. The van der Waals surface area contributed by atoms with Crippen LogP contribution in [0.2, 0.25) is 0 Å². The third kappa shape index (κ3) is 3.05. The van der Waals surface area contributed by atoms with E-state index in [9.17, 15) is 4.57 Å². The Labute approximate surface area is 77.2 Å². The van der Waals surface area contributed by atoms with E-state index in [2.05, 4.69) is 6.58 Å². The first-order chi connectivity index (χ1) is 6.03. The third-order valence-corrected chi connectivity index (χ3v) is 1.94. The first-order valence-corrected chi connectivity index (χ1v) is 5.77. The summed E-state index contributed by atoms with van der Waals surface area (Å²) in [6.07, 6.45) is 1.57. The van der Waals surface area contributed by atoms with Gasteiger partial charge in [-0.05, 0) is 6.07 Å². The van der Waals surface area contributed by atoms with E-state index >= 15 is 0 Å². The lowest BCUT2D eigenvalue weighted by Crippen LogP contribution is -1.91. The molecule has 0 fully saturated rings. The van der Waals surface area contributed by atoms with Crippen molar-refractivity contribution in [3.05, 3.63) is 36.4 Å². The third-order valence-electron chi connectivity index (χ3n) is 1.41. The Morgan fingerprint density at radius 3 is 2.69 bits per heavy atom. The van der Waals surface area contributed by atoms with Gasteiger partial charge in [-0.15, -0.1) is 0 Å². The molecule has 1 rings (SSSR count). The Balaban J connectivity index is 3.00. The molecular formula is C9H11O3P. The van der Waals surface area contributed by atoms with Gasteiger partial charge < -0.3 is 9.42 Å². The largest absolute Gasteiger partial charge is 0.424 e. The van der Waals surface area contributed by atoms with Gasteiger partial charge in [0.2, 0.25) is 0 Å². The monoisotopic (exact) mass is 198 g/mol. The highest BCUT2D eigenvalue weighted by atomic mass is 31.2. The van der Waals surface area contributed by atoms with Crippen LogP contribution in [0.15, 0.2) is 30.8 Å². The Morgan fingerprint density at radius 1 is 1.54 bits per heavy atom. The first-order valence-electron chi connectivity index (χ1n) is 3.74. The van der Waals surface area contributed by atoms with Gasteiger partial charge in [-0.1, -0.05) is 30.9 Å². The van der Waals surface area contributed by atoms with Gasteiger partial charge in [0, 0.05) is 12.2 Å². The summed E-state index contributed by atoms with van der Waals surface area (Å²) in [5.74, 6) is 0.380. The van der Waals surface area contributed by atoms with Gasteiger partial charge in [0.15, 0.2) is 0 Å². The van der Waals surface area contributed by atoms with Crippen LogP contribution in [0.4, 0.5) is 0 Å². The van der Waals surface area contributed by atoms with Crippen LogP contribution in [0.1, 0.15) is 5.56 Å². The van der Waals surface area contributed by atoms with Crippen LogP contribution in [0, 0.1) is 0 Å². The summed E-state index contributed by atoms with van der Waals surface area (Å²) in [6, 6.07) is 6.93. The van der Waals surface area contributed by atoms with Crippen molar-refractivity contribution in [3.8, 4) is 5.75 Å². The van der Waals surface area contributed by atoms with E-state index in [1.807, 2.05) is 6.07 Å². The highest BCUT2D eigenvalue weighted by Crippen LogP contribution is 2.39. The van der Waals surface area contributed by atoms with Crippen molar-refractivity contribution in [3.63, 3.8) is 0 Å². The molecule has 1 aromatic rings. The second kappa shape index (κ2) is 3.77. The van der Waals surface area contributed by atoms with E-state index < -0.39 is 7.60 Å². The fraction of sp³-hybridized carbons (Fsp3) is 0.111. The fourth-order valence-electron chi connectivity index (χ4n) is 0.915. The van der Waals surface area contributed by atoms with Gasteiger partial charge in [0.25, 0.3) is 0 Å². The van der Waals surface area contributed by atoms with Gasteiger partial charge >= 0.3 is 7.60 Å². The number of rotatable bonds is 3. The van der Waals surface area contributed by atoms with E-state index in [0.29, 0.717) is 11.3 Å². The predicted molar refractivity (Wildman–Crippen MR) is 52.9 cm³/mol. The molecule has 1 atom stereocenters. The van der Waals surface area contributed by atoms with Crippen LogP contribution in [-0.4, -0.2) is 11.6 Å². The molecule has 4 heteroatoms.